The predicted molar refractivity (Wildman–Crippen MR) is 91.4 cm³/mol. The van der Waals surface area contributed by atoms with Gasteiger partial charge in [-0.15, -0.1) is 11.3 Å². The van der Waals surface area contributed by atoms with Crippen molar-refractivity contribution >= 4 is 33.8 Å². The van der Waals surface area contributed by atoms with Crippen LogP contribution in [0.4, 0.5) is 0 Å². The number of aromatic amines is 1. The molecule has 110 valence electrons. The van der Waals surface area contributed by atoms with E-state index in [0.717, 1.165) is 32.2 Å². The molecule has 0 aliphatic heterocycles. The first kappa shape index (κ1) is 13.4. The molecule has 0 fully saturated rings. The number of nitrogens with zero attached hydrogens (tertiary/aromatic N) is 4. The van der Waals surface area contributed by atoms with Gasteiger partial charge in [-0.3, -0.25) is 9.78 Å². The van der Waals surface area contributed by atoms with Crippen molar-refractivity contribution in [3.8, 4) is 22.0 Å². The van der Waals surface area contributed by atoms with E-state index in [4.69, 9.17) is 12.2 Å². The van der Waals surface area contributed by atoms with Gasteiger partial charge in [0.2, 0.25) is 0 Å². The first-order chi connectivity index (χ1) is 10.6. The second-order valence-electron chi connectivity index (χ2n) is 5.08. The molecule has 3 aromatic heterocycles. The zero-order valence-electron chi connectivity index (χ0n) is 12.1. The third-order valence-electron chi connectivity index (χ3n) is 3.66. The first-order valence-electron chi connectivity index (χ1n) is 6.79. The van der Waals surface area contributed by atoms with Crippen LogP contribution in [0.15, 0.2) is 36.4 Å². The summed E-state index contributed by atoms with van der Waals surface area (Å²) >= 11 is 6.87. The Balaban J connectivity index is 1.95. The van der Waals surface area contributed by atoms with E-state index in [2.05, 4.69) is 33.5 Å². The van der Waals surface area contributed by atoms with Crippen molar-refractivity contribution in [2.75, 3.05) is 0 Å². The van der Waals surface area contributed by atoms with Gasteiger partial charge in [-0.05, 0) is 18.3 Å². The number of aryl methyl sites for hydroxylation is 1. The van der Waals surface area contributed by atoms with Crippen molar-refractivity contribution in [1.29, 1.82) is 0 Å². The van der Waals surface area contributed by atoms with Crippen molar-refractivity contribution in [2.24, 2.45) is 14.1 Å². The lowest BCUT2D eigenvalue weighted by Crippen LogP contribution is -1.91. The number of H-pyrrole nitrogens is 1. The number of nitrogens with one attached hydrogen (secondary N) is 1. The number of rotatable bonds is 2. The van der Waals surface area contributed by atoms with Crippen molar-refractivity contribution in [3.05, 3.63) is 41.2 Å². The lowest BCUT2D eigenvalue weighted by atomic mass is 10.1. The Hall–Kier alpha value is -2.25. The minimum Gasteiger partial charge on any atom is -0.303 e. The molecule has 0 saturated heterocycles. The van der Waals surface area contributed by atoms with Crippen LogP contribution in [-0.2, 0) is 14.1 Å². The fourth-order valence-electron chi connectivity index (χ4n) is 2.53. The maximum Gasteiger partial charge on any atom is 0.195 e. The third kappa shape index (κ3) is 1.93. The lowest BCUT2D eigenvalue weighted by molar-refractivity contribution is 0.806. The summed E-state index contributed by atoms with van der Waals surface area (Å²) in [4.78, 5) is 2.21. The highest BCUT2D eigenvalue weighted by Crippen LogP contribution is 2.37. The van der Waals surface area contributed by atoms with E-state index < -0.39 is 0 Å². The Morgan fingerprint density at radius 1 is 1.18 bits per heavy atom. The molecular formula is C15H13N5S2. The van der Waals surface area contributed by atoms with Gasteiger partial charge in [0, 0.05) is 25.0 Å². The van der Waals surface area contributed by atoms with Crippen molar-refractivity contribution in [3.63, 3.8) is 0 Å². The van der Waals surface area contributed by atoms with Crippen LogP contribution in [0.2, 0.25) is 0 Å². The van der Waals surface area contributed by atoms with Crippen molar-refractivity contribution in [1.82, 2.24) is 24.5 Å². The molecule has 1 N–H and O–H groups in total. The molecule has 0 saturated carbocycles. The van der Waals surface area contributed by atoms with Gasteiger partial charge < -0.3 is 4.57 Å². The highest BCUT2D eigenvalue weighted by molar-refractivity contribution is 7.71. The molecule has 0 atom stereocenters. The molecule has 4 aromatic rings. The minimum absolute atomic E-state index is 0.619. The van der Waals surface area contributed by atoms with Gasteiger partial charge in [0.25, 0.3) is 0 Å². The van der Waals surface area contributed by atoms with E-state index in [-0.39, 0.29) is 0 Å². The molecule has 5 nitrogen and oxygen atoms in total. The number of aromatic nitrogens is 5. The molecule has 0 spiro atoms. The van der Waals surface area contributed by atoms with Gasteiger partial charge >= 0.3 is 0 Å². The zero-order valence-corrected chi connectivity index (χ0v) is 13.7. The van der Waals surface area contributed by atoms with Gasteiger partial charge in [0.1, 0.15) is 10.5 Å². The molecule has 0 bridgehead atoms. The van der Waals surface area contributed by atoms with Gasteiger partial charge in [0.15, 0.2) is 10.6 Å². The number of benzene rings is 1. The number of thiophene rings is 1. The Bertz CT molecular complexity index is 1020. The third-order valence-corrected chi connectivity index (χ3v) is 5.22. The molecule has 0 aliphatic carbocycles. The topological polar surface area (TPSA) is 51.4 Å². The van der Waals surface area contributed by atoms with E-state index in [1.165, 1.54) is 0 Å². The maximum atomic E-state index is 5.19. The lowest BCUT2D eigenvalue weighted by Gasteiger charge is -1.97. The molecule has 4 rings (SSSR count). The summed E-state index contributed by atoms with van der Waals surface area (Å²) in [6.45, 7) is 0. The van der Waals surface area contributed by atoms with E-state index in [1.807, 2.05) is 41.5 Å². The van der Waals surface area contributed by atoms with Crippen LogP contribution in [-0.4, -0.2) is 24.5 Å². The Kier molecular flexibility index (Phi) is 2.98. The summed E-state index contributed by atoms with van der Waals surface area (Å²) < 4.78 is 4.43. The SMILES string of the molecule is Cn1c(-c2cc3c(-c4ccccc4)nn(C)c3s2)n[nH]c1=S. The molecule has 1 aromatic carbocycles. The van der Waals surface area contributed by atoms with E-state index in [1.54, 1.807) is 11.3 Å². The predicted octanol–water partition coefficient (Wildman–Crippen LogP) is 3.76. The van der Waals surface area contributed by atoms with Crippen molar-refractivity contribution in [2.45, 2.75) is 0 Å². The summed E-state index contributed by atoms with van der Waals surface area (Å²) in [5.41, 5.74) is 2.12. The van der Waals surface area contributed by atoms with Crippen LogP contribution in [0.5, 0.6) is 0 Å². The molecule has 7 heteroatoms. The van der Waals surface area contributed by atoms with Crippen LogP contribution in [0.3, 0.4) is 0 Å². The van der Waals surface area contributed by atoms with Crippen molar-refractivity contribution < 1.29 is 0 Å². The van der Waals surface area contributed by atoms with Gasteiger partial charge in [0.05, 0.1) is 4.88 Å². The summed E-state index contributed by atoms with van der Waals surface area (Å²) in [5.74, 6) is 0.852. The molecule has 0 unspecified atom stereocenters. The fourth-order valence-corrected chi connectivity index (χ4v) is 3.76. The maximum absolute atomic E-state index is 5.19. The number of hydrogen-bond acceptors (Lipinski definition) is 4. The van der Waals surface area contributed by atoms with Crippen LogP contribution >= 0.6 is 23.6 Å². The zero-order chi connectivity index (χ0) is 15.3. The minimum atomic E-state index is 0.619. The normalized spacial score (nSPS) is 11.4. The molecule has 0 amide bonds. The average Bonchev–Trinajstić information content (AvgIpc) is 3.18. The Morgan fingerprint density at radius 2 is 1.95 bits per heavy atom. The molecule has 3 heterocycles. The second-order valence-corrected chi connectivity index (χ2v) is 6.50. The summed E-state index contributed by atoms with van der Waals surface area (Å²) in [5, 5.41) is 12.9. The van der Waals surface area contributed by atoms with Gasteiger partial charge in [-0.1, -0.05) is 30.3 Å². The van der Waals surface area contributed by atoms with Crippen LogP contribution in [0.25, 0.3) is 32.2 Å². The molecule has 0 radical (unpaired) electrons. The van der Waals surface area contributed by atoms with Crippen LogP contribution in [0, 0.1) is 4.77 Å². The standard InChI is InChI=1S/C15H13N5S2/c1-19-13(16-17-15(19)21)11-8-10-12(9-6-4-3-5-7-9)18-20(2)14(10)22-11/h3-8H,1-2H3,(H,17,21). The van der Waals surface area contributed by atoms with E-state index in [0.29, 0.717) is 4.77 Å². The molecule has 22 heavy (non-hydrogen) atoms. The summed E-state index contributed by atoms with van der Waals surface area (Å²) in [6.07, 6.45) is 0. The monoisotopic (exact) mass is 327 g/mol. The Labute approximate surface area is 135 Å². The number of hydrogen-bond donors (Lipinski definition) is 1. The molecular weight excluding hydrogens is 314 g/mol. The van der Waals surface area contributed by atoms with Crippen LogP contribution < -0.4 is 0 Å². The second kappa shape index (κ2) is 4.89. The largest absolute Gasteiger partial charge is 0.303 e. The Morgan fingerprint density at radius 3 is 2.64 bits per heavy atom. The summed E-state index contributed by atoms with van der Waals surface area (Å²) in [6, 6.07) is 12.4. The smallest absolute Gasteiger partial charge is 0.195 e. The quantitative estimate of drug-likeness (QED) is 0.570. The first-order valence-corrected chi connectivity index (χ1v) is 8.01. The van der Waals surface area contributed by atoms with Crippen LogP contribution in [0.1, 0.15) is 0 Å². The van der Waals surface area contributed by atoms with E-state index in [9.17, 15) is 0 Å². The number of fused-ring (bicyclic) bond motifs is 1. The van der Waals surface area contributed by atoms with Gasteiger partial charge in [-0.2, -0.15) is 10.2 Å². The fraction of sp³-hybridized carbons (Fsp3) is 0.133. The van der Waals surface area contributed by atoms with Gasteiger partial charge in [-0.25, -0.2) is 0 Å². The highest BCUT2D eigenvalue weighted by Gasteiger charge is 2.17. The average molecular weight is 327 g/mol. The highest BCUT2D eigenvalue weighted by atomic mass is 32.1. The van der Waals surface area contributed by atoms with E-state index >= 15 is 0 Å². The molecule has 0 aliphatic rings. The summed E-state index contributed by atoms with van der Waals surface area (Å²) in [7, 11) is 3.89.